The number of nitrogens with one attached hydrogen (secondary N) is 1. The minimum Gasteiger partial charge on any atom is -0.497 e. The molecule has 0 unspecified atom stereocenters. The highest BCUT2D eigenvalue weighted by Crippen LogP contribution is 2.26. The van der Waals surface area contributed by atoms with Crippen molar-refractivity contribution >= 4 is 27.5 Å². The zero-order chi connectivity index (χ0) is 31.8. The highest BCUT2D eigenvalue weighted by molar-refractivity contribution is 7.92. The van der Waals surface area contributed by atoms with Crippen LogP contribution in [0.15, 0.2) is 72.8 Å². The first-order valence-corrected chi connectivity index (χ1v) is 16.4. The van der Waals surface area contributed by atoms with Crippen molar-refractivity contribution in [3.63, 3.8) is 0 Å². The summed E-state index contributed by atoms with van der Waals surface area (Å²) in [5.74, 6) is 0.170. The highest BCUT2D eigenvalue weighted by atomic mass is 32.2. The summed E-state index contributed by atoms with van der Waals surface area (Å²) in [6.45, 7) is 9.89. The summed E-state index contributed by atoms with van der Waals surface area (Å²) < 4.78 is 32.4. The first kappa shape index (κ1) is 33.6. The fraction of sp³-hybridized carbons (Fsp3) is 0.412. The first-order valence-electron chi connectivity index (χ1n) is 14.5. The SMILES string of the molecule is COc1cccc(CN(C(=O)CCCN(c2cccc(C)c2C)S(C)(=O)=O)[C@H](Cc2ccccc2)C(=O)NC(C)(C)C)c1. The molecule has 0 fully saturated rings. The predicted octanol–water partition coefficient (Wildman–Crippen LogP) is 5.41. The van der Waals surface area contributed by atoms with E-state index in [0.29, 0.717) is 17.9 Å². The normalized spacial score (nSPS) is 12.3. The molecular formula is C34H45N3O5S. The van der Waals surface area contributed by atoms with Crippen molar-refractivity contribution in [1.82, 2.24) is 10.2 Å². The molecule has 232 valence electrons. The third-order valence-electron chi connectivity index (χ3n) is 7.25. The largest absolute Gasteiger partial charge is 0.497 e. The number of carbonyl (C=O) groups is 2. The van der Waals surface area contributed by atoms with E-state index in [9.17, 15) is 18.0 Å². The van der Waals surface area contributed by atoms with Crippen molar-refractivity contribution in [3.05, 3.63) is 95.1 Å². The summed E-state index contributed by atoms with van der Waals surface area (Å²) in [5.41, 5.74) is 3.72. The Bertz CT molecular complexity index is 1500. The zero-order valence-corrected chi connectivity index (χ0v) is 27.2. The number of rotatable bonds is 13. The molecule has 2 amide bonds. The van der Waals surface area contributed by atoms with E-state index in [1.807, 2.05) is 101 Å². The molecule has 0 aromatic heterocycles. The second-order valence-electron chi connectivity index (χ2n) is 12.0. The van der Waals surface area contributed by atoms with Crippen molar-refractivity contribution in [3.8, 4) is 5.75 Å². The molecule has 8 nitrogen and oxygen atoms in total. The zero-order valence-electron chi connectivity index (χ0n) is 26.4. The Hall–Kier alpha value is -3.85. The summed E-state index contributed by atoms with van der Waals surface area (Å²) in [5, 5.41) is 3.07. The van der Waals surface area contributed by atoms with E-state index < -0.39 is 21.6 Å². The molecule has 0 saturated carbocycles. The number of amides is 2. The van der Waals surface area contributed by atoms with Gasteiger partial charge in [-0.2, -0.15) is 0 Å². The monoisotopic (exact) mass is 607 g/mol. The van der Waals surface area contributed by atoms with Gasteiger partial charge < -0.3 is 15.0 Å². The molecule has 0 radical (unpaired) electrons. The fourth-order valence-electron chi connectivity index (χ4n) is 4.96. The maximum atomic E-state index is 14.0. The Morgan fingerprint density at radius 1 is 0.930 bits per heavy atom. The molecule has 9 heteroatoms. The van der Waals surface area contributed by atoms with Gasteiger partial charge in [-0.25, -0.2) is 8.42 Å². The van der Waals surface area contributed by atoms with Crippen LogP contribution in [-0.4, -0.2) is 56.6 Å². The Kier molecular flexibility index (Phi) is 11.4. The van der Waals surface area contributed by atoms with Gasteiger partial charge in [-0.15, -0.1) is 0 Å². The molecule has 1 N–H and O–H groups in total. The number of carbonyl (C=O) groups excluding carboxylic acids is 2. The number of anilines is 1. The van der Waals surface area contributed by atoms with Crippen LogP contribution in [0, 0.1) is 13.8 Å². The van der Waals surface area contributed by atoms with Gasteiger partial charge in [0.25, 0.3) is 0 Å². The van der Waals surface area contributed by atoms with Crippen LogP contribution in [0.5, 0.6) is 5.75 Å². The van der Waals surface area contributed by atoms with E-state index in [2.05, 4.69) is 5.32 Å². The van der Waals surface area contributed by atoms with Crippen molar-refractivity contribution in [2.24, 2.45) is 0 Å². The lowest BCUT2D eigenvalue weighted by Gasteiger charge is -2.34. The van der Waals surface area contributed by atoms with E-state index in [0.717, 1.165) is 22.3 Å². The number of benzene rings is 3. The lowest BCUT2D eigenvalue weighted by atomic mass is 10.00. The van der Waals surface area contributed by atoms with Crippen molar-refractivity contribution < 1.29 is 22.7 Å². The fourth-order valence-corrected chi connectivity index (χ4v) is 5.98. The number of aryl methyl sites for hydroxylation is 1. The second kappa shape index (κ2) is 14.6. The number of methoxy groups -OCH3 is 1. The lowest BCUT2D eigenvalue weighted by molar-refractivity contribution is -0.142. The van der Waals surface area contributed by atoms with E-state index in [1.165, 1.54) is 10.6 Å². The van der Waals surface area contributed by atoms with Crippen molar-refractivity contribution in [1.29, 1.82) is 0 Å². The molecule has 0 heterocycles. The highest BCUT2D eigenvalue weighted by Gasteiger charge is 2.32. The molecular weight excluding hydrogens is 562 g/mol. The number of hydrogen-bond donors (Lipinski definition) is 1. The molecule has 0 aliphatic rings. The molecule has 43 heavy (non-hydrogen) atoms. The third kappa shape index (κ3) is 9.85. The van der Waals surface area contributed by atoms with E-state index >= 15 is 0 Å². The summed E-state index contributed by atoms with van der Waals surface area (Å²) >= 11 is 0. The Morgan fingerprint density at radius 2 is 1.58 bits per heavy atom. The lowest BCUT2D eigenvalue weighted by Crippen LogP contribution is -2.54. The Balaban J connectivity index is 1.94. The number of hydrogen-bond acceptors (Lipinski definition) is 5. The van der Waals surface area contributed by atoms with Crippen LogP contribution in [0.2, 0.25) is 0 Å². The van der Waals surface area contributed by atoms with Crippen LogP contribution < -0.4 is 14.4 Å². The summed E-state index contributed by atoms with van der Waals surface area (Å²) in [7, 11) is -2.01. The second-order valence-corrected chi connectivity index (χ2v) is 13.9. The van der Waals surface area contributed by atoms with Crippen LogP contribution in [0.4, 0.5) is 5.69 Å². The topological polar surface area (TPSA) is 96.0 Å². The summed E-state index contributed by atoms with van der Waals surface area (Å²) in [4.78, 5) is 29.4. The Morgan fingerprint density at radius 3 is 2.21 bits per heavy atom. The minimum absolute atomic E-state index is 0.0644. The molecule has 1 atom stereocenters. The summed E-state index contributed by atoms with van der Waals surface area (Å²) in [6, 6.07) is 21.8. The predicted molar refractivity (Wildman–Crippen MR) is 173 cm³/mol. The van der Waals surface area contributed by atoms with E-state index in [4.69, 9.17) is 4.74 Å². The molecule has 0 spiro atoms. The first-order chi connectivity index (χ1) is 20.2. The van der Waals surface area contributed by atoms with Crippen molar-refractivity contribution in [2.45, 2.75) is 72.0 Å². The van der Waals surface area contributed by atoms with Gasteiger partial charge >= 0.3 is 0 Å². The minimum atomic E-state index is -3.59. The average molecular weight is 608 g/mol. The summed E-state index contributed by atoms with van der Waals surface area (Å²) in [6.07, 6.45) is 1.86. The number of sulfonamides is 1. The molecule has 3 aromatic rings. The van der Waals surface area contributed by atoms with Gasteiger partial charge in [0.2, 0.25) is 21.8 Å². The van der Waals surface area contributed by atoms with Gasteiger partial charge in [-0.1, -0.05) is 54.6 Å². The van der Waals surface area contributed by atoms with E-state index in [1.54, 1.807) is 18.1 Å². The van der Waals surface area contributed by atoms with Gasteiger partial charge in [0.05, 0.1) is 19.1 Å². The van der Waals surface area contributed by atoms with Crippen LogP contribution >= 0.6 is 0 Å². The molecule has 3 rings (SSSR count). The number of nitrogens with zero attached hydrogens (tertiary/aromatic N) is 2. The molecule has 0 saturated heterocycles. The molecule has 0 aliphatic carbocycles. The maximum Gasteiger partial charge on any atom is 0.243 e. The quantitative estimate of drug-likeness (QED) is 0.280. The van der Waals surface area contributed by atoms with Crippen LogP contribution in [-0.2, 0) is 32.6 Å². The number of ether oxygens (including phenoxy) is 1. The smallest absolute Gasteiger partial charge is 0.243 e. The standard InChI is InChI=1S/C34H45N3O5S/c1-25-14-11-19-30(26(25)2)37(43(7,40)41)21-13-20-32(38)36(24-28-17-12-18-29(22-28)42-6)31(33(39)35-34(3,4)5)23-27-15-9-8-10-16-27/h8-12,14-19,22,31H,13,20-21,23-24H2,1-7H3,(H,35,39)/t31-/m1/s1. The van der Waals surface area contributed by atoms with Crippen molar-refractivity contribution in [2.75, 3.05) is 24.2 Å². The van der Waals surface area contributed by atoms with Gasteiger partial charge in [0, 0.05) is 31.5 Å². The van der Waals surface area contributed by atoms with Gasteiger partial charge in [0.15, 0.2) is 0 Å². The maximum absolute atomic E-state index is 14.0. The Labute approximate surface area is 257 Å². The van der Waals surface area contributed by atoms with Gasteiger partial charge in [0.1, 0.15) is 11.8 Å². The van der Waals surface area contributed by atoms with Crippen LogP contribution in [0.1, 0.15) is 55.9 Å². The van der Waals surface area contributed by atoms with Crippen LogP contribution in [0.25, 0.3) is 0 Å². The van der Waals surface area contributed by atoms with Gasteiger partial charge in [-0.05, 0) is 81.5 Å². The van der Waals surface area contributed by atoms with Gasteiger partial charge in [-0.3, -0.25) is 13.9 Å². The third-order valence-corrected chi connectivity index (χ3v) is 8.43. The average Bonchev–Trinajstić information content (AvgIpc) is 2.93. The van der Waals surface area contributed by atoms with E-state index in [-0.39, 0.29) is 37.7 Å². The molecule has 0 bridgehead atoms. The molecule has 0 aliphatic heterocycles. The molecule has 3 aromatic carbocycles. The van der Waals surface area contributed by atoms with Crippen LogP contribution in [0.3, 0.4) is 0 Å².